The van der Waals surface area contributed by atoms with Gasteiger partial charge < -0.3 is 9.47 Å². The number of ether oxygens (including phenoxy) is 2. The van der Waals surface area contributed by atoms with Crippen molar-refractivity contribution in [2.45, 2.75) is 79.2 Å². The summed E-state index contributed by atoms with van der Waals surface area (Å²) in [4.78, 5) is 49.9. The normalized spacial score (nSPS) is 42.7. The molecule has 1 unspecified atom stereocenters. The number of fused-ring (bicyclic) bond motifs is 5. The molecule has 0 saturated heterocycles. The van der Waals surface area contributed by atoms with Gasteiger partial charge in [0.1, 0.15) is 0 Å². The van der Waals surface area contributed by atoms with Gasteiger partial charge in [-0.05, 0) is 67.4 Å². The summed E-state index contributed by atoms with van der Waals surface area (Å²) in [5.41, 5.74) is -0.784. The fourth-order valence-electron chi connectivity index (χ4n) is 8.53. The Morgan fingerprint density at radius 3 is 2.53 bits per heavy atom. The Morgan fingerprint density at radius 1 is 1.18 bits per heavy atom. The van der Waals surface area contributed by atoms with E-state index in [4.69, 9.17) is 9.47 Å². The Labute approximate surface area is 202 Å². The van der Waals surface area contributed by atoms with Crippen LogP contribution < -0.4 is 0 Å². The van der Waals surface area contributed by atoms with E-state index in [1.807, 2.05) is 6.08 Å². The zero-order valence-corrected chi connectivity index (χ0v) is 21.3. The number of hydrogen-bond donors (Lipinski definition) is 0. The number of Topliss-reactive ketones (excluding diaryl/α,β-unsaturated/α-hetero) is 1. The summed E-state index contributed by atoms with van der Waals surface area (Å²) in [6, 6.07) is 0. The first kappa shape index (κ1) is 24.9. The van der Waals surface area contributed by atoms with Crippen LogP contribution in [0.15, 0.2) is 23.8 Å². The molecule has 0 radical (unpaired) electrons. The van der Waals surface area contributed by atoms with Crippen molar-refractivity contribution < 1.29 is 28.7 Å². The summed E-state index contributed by atoms with van der Waals surface area (Å²) < 4.78 is 11.2. The fourth-order valence-corrected chi connectivity index (χ4v) is 8.53. The molecule has 4 aliphatic carbocycles. The number of esters is 2. The number of carbonyl (C=O) groups excluding carboxylic acids is 4. The summed E-state index contributed by atoms with van der Waals surface area (Å²) in [6.45, 7) is 11.5. The van der Waals surface area contributed by atoms with Gasteiger partial charge in [-0.25, -0.2) is 0 Å². The van der Waals surface area contributed by atoms with Crippen molar-refractivity contribution in [3.05, 3.63) is 23.8 Å². The molecule has 0 N–H and O–H groups in total. The molecule has 0 bridgehead atoms. The van der Waals surface area contributed by atoms with Crippen molar-refractivity contribution in [3.8, 4) is 0 Å². The largest absolute Gasteiger partial charge is 0.458 e. The van der Waals surface area contributed by atoms with Crippen molar-refractivity contribution >= 4 is 23.5 Å². The molecule has 0 amide bonds. The summed E-state index contributed by atoms with van der Waals surface area (Å²) in [7, 11) is 0. The van der Waals surface area contributed by atoms with Gasteiger partial charge in [0.25, 0.3) is 0 Å². The molecule has 3 fully saturated rings. The first-order valence-corrected chi connectivity index (χ1v) is 12.7. The molecule has 4 rings (SSSR count). The highest BCUT2D eigenvalue weighted by molar-refractivity contribution is 6.01. The number of ketones is 2. The first-order chi connectivity index (χ1) is 15.9. The van der Waals surface area contributed by atoms with Gasteiger partial charge in [0.05, 0.1) is 0 Å². The second-order valence-electron chi connectivity index (χ2n) is 11.5. The fraction of sp³-hybridized carbons (Fsp3) is 0.714. The van der Waals surface area contributed by atoms with Crippen LogP contribution in [0.3, 0.4) is 0 Å². The van der Waals surface area contributed by atoms with Crippen molar-refractivity contribution in [2.24, 2.45) is 40.4 Å². The molecule has 0 spiro atoms. The molecule has 34 heavy (non-hydrogen) atoms. The zero-order valence-electron chi connectivity index (χ0n) is 21.3. The first-order valence-electron chi connectivity index (χ1n) is 12.7. The van der Waals surface area contributed by atoms with Gasteiger partial charge in [-0.15, -0.1) is 0 Å². The maximum atomic E-state index is 13.6. The molecule has 0 aromatic rings. The average molecular weight is 471 g/mol. The molecule has 0 aromatic carbocycles. The van der Waals surface area contributed by atoms with E-state index in [9.17, 15) is 19.2 Å². The minimum absolute atomic E-state index is 0.0634. The third-order valence-corrected chi connectivity index (χ3v) is 9.68. The minimum Gasteiger partial charge on any atom is -0.458 e. The lowest BCUT2D eigenvalue weighted by Gasteiger charge is -2.61. The van der Waals surface area contributed by atoms with Gasteiger partial charge >= 0.3 is 11.9 Å². The number of carbonyl (C=O) groups is 4. The van der Waals surface area contributed by atoms with Crippen molar-refractivity contribution in [1.82, 2.24) is 0 Å². The van der Waals surface area contributed by atoms with Crippen LogP contribution in [0.25, 0.3) is 0 Å². The minimum atomic E-state index is -1.28. The Bertz CT molecular complexity index is 977. The van der Waals surface area contributed by atoms with Gasteiger partial charge in [0, 0.05) is 24.2 Å². The van der Waals surface area contributed by atoms with Crippen LogP contribution in [0, 0.1) is 40.4 Å². The zero-order chi connectivity index (χ0) is 25.1. The lowest BCUT2D eigenvalue weighted by atomic mass is 9.43. The van der Waals surface area contributed by atoms with Gasteiger partial charge in [-0.3, -0.25) is 19.2 Å². The van der Waals surface area contributed by atoms with Gasteiger partial charge in [0.15, 0.2) is 18.0 Å². The summed E-state index contributed by atoms with van der Waals surface area (Å²) in [5.74, 6) is 0.249. The summed E-state index contributed by atoms with van der Waals surface area (Å²) >= 11 is 0. The van der Waals surface area contributed by atoms with Gasteiger partial charge in [-0.1, -0.05) is 46.3 Å². The van der Waals surface area contributed by atoms with Crippen molar-refractivity contribution in [1.29, 1.82) is 0 Å². The molecule has 3 saturated carbocycles. The topological polar surface area (TPSA) is 86.7 Å². The molecule has 4 aliphatic rings. The quantitative estimate of drug-likeness (QED) is 0.546. The monoisotopic (exact) mass is 470 g/mol. The predicted octanol–water partition coefficient (Wildman–Crippen LogP) is 4.61. The SMILES string of the molecule is CCC(=O)O[C@]1(C(=O)COC(C)=O)CC[C@H]2[C@@H]3C[C@H](C)C4=CC(=O)C=C[C@]4(C)[C@H]3[C@@H](C)CC21C. The second kappa shape index (κ2) is 8.46. The molecule has 6 nitrogen and oxygen atoms in total. The van der Waals surface area contributed by atoms with E-state index in [0.717, 1.165) is 19.3 Å². The van der Waals surface area contributed by atoms with E-state index in [0.29, 0.717) is 18.3 Å². The molecule has 0 aliphatic heterocycles. The van der Waals surface area contributed by atoms with E-state index in [-0.39, 0.29) is 47.8 Å². The summed E-state index contributed by atoms with van der Waals surface area (Å²) in [6.07, 6.45) is 8.79. The smallest absolute Gasteiger partial charge is 0.306 e. The van der Waals surface area contributed by atoms with Crippen molar-refractivity contribution in [3.63, 3.8) is 0 Å². The molecule has 186 valence electrons. The van der Waals surface area contributed by atoms with Crippen LogP contribution >= 0.6 is 0 Å². The van der Waals surface area contributed by atoms with Gasteiger partial charge in [-0.2, -0.15) is 0 Å². The Balaban J connectivity index is 1.76. The third kappa shape index (κ3) is 3.51. The number of allylic oxidation sites excluding steroid dienone is 4. The predicted molar refractivity (Wildman–Crippen MR) is 126 cm³/mol. The lowest BCUT2D eigenvalue weighted by molar-refractivity contribution is -0.195. The lowest BCUT2D eigenvalue weighted by Crippen LogP contribution is -2.62. The highest BCUT2D eigenvalue weighted by Crippen LogP contribution is 2.70. The molecule has 0 aromatic heterocycles. The van der Waals surface area contributed by atoms with E-state index in [1.54, 1.807) is 13.0 Å². The maximum absolute atomic E-state index is 13.6. The summed E-state index contributed by atoms with van der Waals surface area (Å²) in [5, 5.41) is 0. The molecular weight excluding hydrogens is 432 g/mol. The van der Waals surface area contributed by atoms with E-state index < -0.39 is 23.0 Å². The third-order valence-electron chi connectivity index (χ3n) is 9.68. The van der Waals surface area contributed by atoms with E-state index in [2.05, 4.69) is 33.8 Å². The Morgan fingerprint density at radius 2 is 1.88 bits per heavy atom. The number of rotatable bonds is 5. The Hall–Kier alpha value is -2.24. The van der Waals surface area contributed by atoms with Crippen LogP contribution in [-0.4, -0.2) is 35.7 Å². The van der Waals surface area contributed by atoms with Crippen molar-refractivity contribution in [2.75, 3.05) is 6.61 Å². The standard InChI is InChI=1S/C28H38O6/c1-7-24(32)34-28(23(31)15-33-18(4)29)11-9-21-20-12-16(2)22-13-19(30)8-10-26(22,5)25(20)17(3)14-27(21,28)6/h8,10,13,16-17,20-21,25H,7,9,11-12,14-15H2,1-6H3/t16-,17-,20-,21-,25-,26-,27?,28-/m0/s1. The van der Waals surface area contributed by atoms with Crippen LogP contribution in [0.2, 0.25) is 0 Å². The van der Waals surface area contributed by atoms with Crippen LogP contribution in [0.1, 0.15) is 73.6 Å². The van der Waals surface area contributed by atoms with Crippen LogP contribution in [-0.2, 0) is 28.7 Å². The molecule has 6 heteroatoms. The van der Waals surface area contributed by atoms with Crippen LogP contribution in [0.5, 0.6) is 0 Å². The highest BCUT2D eigenvalue weighted by Gasteiger charge is 2.70. The molecule has 0 heterocycles. The molecular formula is C28H38O6. The Kier molecular flexibility index (Phi) is 6.19. The van der Waals surface area contributed by atoms with Gasteiger partial charge in [0.2, 0.25) is 5.78 Å². The number of hydrogen-bond acceptors (Lipinski definition) is 6. The second-order valence-corrected chi connectivity index (χ2v) is 11.5. The maximum Gasteiger partial charge on any atom is 0.306 e. The van der Waals surface area contributed by atoms with E-state index in [1.165, 1.54) is 12.5 Å². The highest BCUT2D eigenvalue weighted by atomic mass is 16.6. The van der Waals surface area contributed by atoms with Crippen LogP contribution in [0.4, 0.5) is 0 Å². The molecule has 8 atom stereocenters. The average Bonchev–Trinajstić information content (AvgIpc) is 3.05. The van der Waals surface area contributed by atoms with E-state index >= 15 is 0 Å².